The summed E-state index contributed by atoms with van der Waals surface area (Å²) < 4.78 is 0. The van der Waals surface area contributed by atoms with E-state index < -0.39 is 11.8 Å². The summed E-state index contributed by atoms with van der Waals surface area (Å²) in [4.78, 5) is 23.2. The van der Waals surface area contributed by atoms with Crippen LogP contribution in [0.3, 0.4) is 0 Å². The van der Waals surface area contributed by atoms with E-state index in [4.69, 9.17) is 16.7 Å². The van der Waals surface area contributed by atoms with Gasteiger partial charge in [0.05, 0.1) is 6.61 Å². The van der Waals surface area contributed by atoms with Gasteiger partial charge in [-0.15, -0.1) is 11.6 Å². The maximum Gasteiger partial charge on any atom is 0.311 e. The van der Waals surface area contributed by atoms with Gasteiger partial charge in [-0.25, -0.2) is 0 Å². The van der Waals surface area contributed by atoms with Crippen molar-refractivity contribution in [3.8, 4) is 0 Å². The average Bonchev–Trinajstić information content (AvgIpc) is 2.13. The van der Waals surface area contributed by atoms with E-state index in [2.05, 4.69) is 5.32 Å². The van der Waals surface area contributed by atoms with Gasteiger partial charge in [-0.1, -0.05) is 0 Å². The lowest BCUT2D eigenvalue weighted by Gasteiger charge is -2.14. The van der Waals surface area contributed by atoms with Crippen LogP contribution in [0, 0.1) is 0 Å². The smallest absolute Gasteiger partial charge is 0.311 e. The molecule has 0 aromatic rings. The summed E-state index contributed by atoms with van der Waals surface area (Å²) in [5.41, 5.74) is 0. The normalized spacial score (nSPS) is 9.46. The van der Waals surface area contributed by atoms with Crippen molar-refractivity contribution >= 4 is 23.4 Å². The molecule has 0 aliphatic carbocycles. The summed E-state index contributed by atoms with van der Waals surface area (Å²) in [6, 6.07) is 0. The Morgan fingerprint density at radius 3 is 2.62 bits per heavy atom. The predicted octanol–water partition coefficient (Wildman–Crippen LogP) is -1.21. The van der Waals surface area contributed by atoms with E-state index >= 15 is 0 Å². The Bertz CT molecular complexity index is 187. The Morgan fingerprint density at radius 1 is 1.54 bits per heavy atom. The Labute approximate surface area is 81.7 Å². The lowest BCUT2D eigenvalue weighted by molar-refractivity contribution is -0.145. The highest BCUT2D eigenvalue weighted by Crippen LogP contribution is 1.84. The molecule has 2 N–H and O–H groups in total. The lowest BCUT2D eigenvalue weighted by Crippen LogP contribution is -2.42. The van der Waals surface area contributed by atoms with E-state index in [1.807, 2.05) is 0 Å². The van der Waals surface area contributed by atoms with Gasteiger partial charge in [0.1, 0.15) is 0 Å². The van der Waals surface area contributed by atoms with Gasteiger partial charge < -0.3 is 15.3 Å². The number of hydrogen-bond donors (Lipinski definition) is 2. The van der Waals surface area contributed by atoms with Gasteiger partial charge in [0.2, 0.25) is 0 Å². The third-order valence-corrected chi connectivity index (χ3v) is 1.55. The quantitative estimate of drug-likeness (QED) is 0.450. The first-order chi connectivity index (χ1) is 6.13. The molecule has 0 radical (unpaired) electrons. The molecule has 0 heterocycles. The van der Waals surface area contributed by atoms with E-state index in [0.29, 0.717) is 0 Å². The molecule has 13 heavy (non-hydrogen) atoms. The van der Waals surface area contributed by atoms with Crippen LogP contribution in [0.1, 0.15) is 0 Å². The lowest BCUT2D eigenvalue weighted by atomic mass is 10.4. The molecule has 2 amide bonds. The number of aliphatic hydroxyl groups is 1. The van der Waals surface area contributed by atoms with Crippen LogP contribution in [-0.4, -0.2) is 54.4 Å². The Kier molecular flexibility index (Phi) is 6.26. The van der Waals surface area contributed by atoms with Crippen LogP contribution < -0.4 is 5.32 Å². The second-order valence-electron chi connectivity index (χ2n) is 2.40. The molecule has 0 unspecified atom stereocenters. The molecule has 6 heteroatoms. The first-order valence-corrected chi connectivity index (χ1v) is 4.37. The summed E-state index contributed by atoms with van der Waals surface area (Å²) in [5, 5.41) is 10.8. The molecule has 0 rings (SSSR count). The van der Waals surface area contributed by atoms with E-state index in [-0.39, 0.29) is 25.6 Å². The number of amides is 2. The SMILES string of the molecule is CN(CCO)C(=O)C(=O)NCCCl. The topological polar surface area (TPSA) is 69.6 Å². The summed E-state index contributed by atoms with van der Waals surface area (Å²) in [5.74, 6) is -1.10. The minimum Gasteiger partial charge on any atom is -0.395 e. The van der Waals surface area contributed by atoms with E-state index in [0.717, 1.165) is 4.90 Å². The van der Waals surface area contributed by atoms with Crippen LogP contribution in [0.2, 0.25) is 0 Å². The standard InChI is InChI=1S/C7H13ClN2O3/c1-10(4-5-11)7(13)6(12)9-3-2-8/h11H,2-5H2,1H3,(H,9,12). The summed E-state index contributed by atoms with van der Waals surface area (Å²) in [6.45, 7) is 0.247. The zero-order valence-electron chi connectivity index (χ0n) is 7.42. The number of carbonyl (C=O) groups excluding carboxylic acids is 2. The van der Waals surface area contributed by atoms with Crippen molar-refractivity contribution in [2.45, 2.75) is 0 Å². The molecule has 5 nitrogen and oxygen atoms in total. The van der Waals surface area contributed by atoms with Gasteiger partial charge in [-0.3, -0.25) is 9.59 Å². The molecule has 0 bridgehead atoms. The van der Waals surface area contributed by atoms with Gasteiger partial charge in [-0.05, 0) is 0 Å². The number of aliphatic hydroxyl groups excluding tert-OH is 1. The van der Waals surface area contributed by atoms with Crippen molar-refractivity contribution in [2.24, 2.45) is 0 Å². The third-order valence-electron chi connectivity index (χ3n) is 1.36. The summed E-state index contributed by atoms with van der Waals surface area (Å²) in [6.07, 6.45) is 0. The molecule has 0 saturated heterocycles. The first kappa shape index (κ1) is 12.2. The van der Waals surface area contributed by atoms with Crippen molar-refractivity contribution < 1.29 is 14.7 Å². The van der Waals surface area contributed by atoms with Crippen molar-refractivity contribution in [1.29, 1.82) is 0 Å². The number of carbonyl (C=O) groups is 2. The largest absolute Gasteiger partial charge is 0.395 e. The van der Waals surface area contributed by atoms with Gasteiger partial charge in [0.25, 0.3) is 0 Å². The van der Waals surface area contributed by atoms with Crippen molar-refractivity contribution in [2.75, 3.05) is 32.6 Å². The van der Waals surface area contributed by atoms with Crippen LogP contribution in [0.4, 0.5) is 0 Å². The predicted molar refractivity (Wildman–Crippen MR) is 48.5 cm³/mol. The number of hydrogen-bond acceptors (Lipinski definition) is 3. The number of rotatable bonds is 4. The van der Waals surface area contributed by atoms with Crippen LogP contribution in [0.15, 0.2) is 0 Å². The molecule has 0 fully saturated rings. The number of likely N-dealkylation sites (N-methyl/N-ethyl adjacent to an activating group) is 1. The maximum atomic E-state index is 11.1. The van der Waals surface area contributed by atoms with Crippen molar-refractivity contribution in [1.82, 2.24) is 10.2 Å². The number of nitrogens with one attached hydrogen (secondary N) is 1. The Morgan fingerprint density at radius 2 is 2.15 bits per heavy atom. The van der Waals surface area contributed by atoms with Crippen molar-refractivity contribution in [3.63, 3.8) is 0 Å². The zero-order valence-corrected chi connectivity index (χ0v) is 8.17. The molecular weight excluding hydrogens is 196 g/mol. The van der Waals surface area contributed by atoms with Gasteiger partial charge in [-0.2, -0.15) is 0 Å². The molecule has 76 valence electrons. The molecular formula is C7H13ClN2O3. The molecule has 0 saturated carbocycles. The number of alkyl halides is 1. The van der Waals surface area contributed by atoms with Gasteiger partial charge in [0, 0.05) is 26.0 Å². The van der Waals surface area contributed by atoms with E-state index in [9.17, 15) is 9.59 Å². The molecule has 0 atom stereocenters. The third kappa shape index (κ3) is 4.69. The fourth-order valence-corrected chi connectivity index (χ4v) is 0.756. The second kappa shape index (κ2) is 6.68. The second-order valence-corrected chi connectivity index (χ2v) is 2.77. The van der Waals surface area contributed by atoms with Crippen LogP contribution in [0.25, 0.3) is 0 Å². The van der Waals surface area contributed by atoms with E-state index in [1.165, 1.54) is 7.05 Å². The maximum absolute atomic E-state index is 11.1. The average molecular weight is 209 g/mol. The van der Waals surface area contributed by atoms with E-state index in [1.54, 1.807) is 0 Å². The van der Waals surface area contributed by atoms with Crippen LogP contribution >= 0.6 is 11.6 Å². The molecule has 0 aromatic carbocycles. The zero-order chi connectivity index (χ0) is 10.3. The minimum atomic E-state index is -0.698. The molecule has 0 spiro atoms. The highest BCUT2D eigenvalue weighted by Gasteiger charge is 2.16. The Balaban J connectivity index is 3.87. The fraction of sp³-hybridized carbons (Fsp3) is 0.714. The van der Waals surface area contributed by atoms with Gasteiger partial charge in [0.15, 0.2) is 0 Å². The molecule has 0 aromatic heterocycles. The van der Waals surface area contributed by atoms with Crippen molar-refractivity contribution in [3.05, 3.63) is 0 Å². The van der Waals surface area contributed by atoms with Gasteiger partial charge >= 0.3 is 11.8 Å². The minimum absolute atomic E-state index is 0.146. The fourth-order valence-electron chi connectivity index (χ4n) is 0.661. The molecule has 0 aliphatic rings. The monoisotopic (exact) mass is 208 g/mol. The number of halogens is 1. The van der Waals surface area contributed by atoms with Crippen LogP contribution in [0.5, 0.6) is 0 Å². The summed E-state index contributed by atoms with van der Waals surface area (Å²) in [7, 11) is 1.44. The molecule has 0 aliphatic heterocycles. The van der Waals surface area contributed by atoms with Crippen LogP contribution in [-0.2, 0) is 9.59 Å². The highest BCUT2D eigenvalue weighted by molar-refractivity contribution is 6.35. The number of nitrogens with zero attached hydrogens (tertiary/aromatic N) is 1. The Hall–Kier alpha value is -0.810. The first-order valence-electron chi connectivity index (χ1n) is 3.83. The highest BCUT2D eigenvalue weighted by atomic mass is 35.5. The summed E-state index contributed by atoms with van der Waals surface area (Å²) >= 11 is 5.31.